The Labute approximate surface area is 205 Å². The standard InChI is InChI=1S/C22H33F3N4O2.HI/c1-29(2)20(30)16-28-21(26-12-7-13-31-19-10-4-3-5-11-19)27-15-17-8-6-9-18(14-17)22(23,24)25;/h6,8-9,14,19H,3-5,7,10-13,15-16H2,1-2H3,(H2,26,27,28);1H. The maximum absolute atomic E-state index is 12.9. The molecule has 0 aromatic heterocycles. The lowest BCUT2D eigenvalue weighted by Crippen LogP contribution is -2.43. The molecule has 2 N–H and O–H groups in total. The molecule has 6 nitrogen and oxygen atoms in total. The van der Waals surface area contributed by atoms with Gasteiger partial charge in [0.2, 0.25) is 5.91 Å². The van der Waals surface area contributed by atoms with Crippen molar-refractivity contribution >= 4 is 35.8 Å². The van der Waals surface area contributed by atoms with Gasteiger partial charge in [0.25, 0.3) is 0 Å². The smallest absolute Gasteiger partial charge is 0.378 e. The van der Waals surface area contributed by atoms with Gasteiger partial charge in [-0.2, -0.15) is 13.2 Å². The number of nitrogens with zero attached hydrogens (tertiary/aromatic N) is 2. The van der Waals surface area contributed by atoms with Crippen LogP contribution < -0.4 is 10.6 Å². The molecular formula is C22H34F3IN4O2. The molecule has 0 saturated heterocycles. The number of ether oxygens (including phenoxy) is 1. The number of benzene rings is 1. The second-order valence-electron chi connectivity index (χ2n) is 7.92. The summed E-state index contributed by atoms with van der Waals surface area (Å²) in [6.45, 7) is 1.32. The Morgan fingerprint density at radius 3 is 2.56 bits per heavy atom. The normalized spacial score (nSPS) is 15.1. The molecule has 0 heterocycles. The number of aliphatic imine (C=N–C) groups is 1. The molecule has 1 aromatic rings. The maximum atomic E-state index is 12.9. The first-order valence-corrected chi connectivity index (χ1v) is 10.8. The quantitative estimate of drug-likeness (QED) is 0.203. The number of rotatable bonds is 9. The molecule has 0 radical (unpaired) electrons. The van der Waals surface area contributed by atoms with E-state index >= 15 is 0 Å². The molecule has 1 fully saturated rings. The zero-order chi connectivity index (χ0) is 22.7. The molecule has 1 aromatic carbocycles. The van der Waals surface area contributed by atoms with Gasteiger partial charge < -0.3 is 20.3 Å². The number of likely N-dealkylation sites (N-methyl/N-ethyl adjacent to an activating group) is 1. The summed E-state index contributed by atoms with van der Waals surface area (Å²) in [6, 6.07) is 5.09. The molecule has 2 rings (SSSR count). The number of carbonyl (C=O) groups is 1. The van der Waals surface area contributed by atoms with E-state index in [1.165, 1.54) is 30.2 Å². The summed E-state index contributed by atoms with van der Waals surface area (Å²) in [5, 5.41) is 6.07. The fourth-order valence-corrected chi connectivity index (χ4v) is 3.27. The molecule has 1 amide bonds. The molecule has 10 heteroatoms. The minimum Gasteiger partial charge on any atom is -0.378 e. The Hall–Kier alpha value is -1.56. The fourth-order valence-electron chi connectivity index (χ4n) is 3.27. The minimum atomic E-state index is -4.39. The van der Waals surface area contributed by atoms with Gasteiger partial charge in [-0.3, -0.25) is 4.79 Å². The molecule has 0 spiro atoms. The van der Waals surface area contributed by atoms with Gasteiger partial charge in [0.05, 0.1) is 24.8 Å². The highest BCUT2D eigenvalue weighted by Gasteiger charge is 2.30. The zero-order valence-corrected chi connectivity index (χ0v) is 21.0. The summed E-state index contributed by atoms with van der Waals surface area (Å²) in [5.41, 5.74) is -0.263. The van der Waals surface area contributed by atoms with Crippen LogP contribution in [0.25, 0.3) is 0 Å². The van der Waals surface area contributed by atoms with Crippen LogP contribution in [0.5, 0.6) is 0 Å². The van der Waals surface area contributed by atoms with Gasteiger partial charge in [0.15, 0.2) is 5.96 Å². The fraction of sp³-hybridized carbons (Fsp3) is 0.636. The lowest BCUT2D eigenvalue weighted by Gasteiger charge is -2.22. The summed E-state index contributed by atoms with van der Waals surface area (Å²) in [4.78, 5) is 17.7. The van der Waals surface area contributed by atoms with Crippen molar-refractivity contribution in [3.8, 4) is 0 Å². The van der Waals surface area contributed by atoms with E-state index < -0.39 is 11.7 Å². The molecule has 1 saturated carbocycles. The predicted octanol–water partition coefficient (Wildman–Crippen LogP) is 4.19. The average molecular weight is 570 g/mol. The number of carbonyl (C=O) groups excluding carboxylic acids is 1. The molecule has 0 aliphatic heterocycles. The van der Waals surface area contributed by atoms with Crippen molar-refractivity contribution in [1.82, 2.24) is 15.5 Å². The summed E-state index contributed by atoms with van der Waals surface area (Å²) < 4.78 is 44.6. The first-order chi connectivity index (χ1) is 14.8. The molecule has 0 unspecified atom stereocenters. The van der Waals surface area contributed by atoms with Gasteiger partial charge in [0, 0.05) is 27.2 Å². The lowest BCUT2D eigenvalue weighted by molar-refractivity contribution is -0.137. The maximum Gasteiger partial charge on any atom is 0.416 e. The second-order valence-corrected chi connectivity index (χ2v) is 7.92. The van der Waals surface area contributed by atoms with Gasteiger partial charge in [0.1, 0.15) is 0 Å². The molecule has 1 aliphatic carbocycles. The molecule has 32 heavy (non-hydrogen) atoms. The number of hydrogen-bond acceptors (Lipinski definition) is 3. The topological polar surface area (TPSA) is 66.0 Å². The monoisotopic (exact) mass is 570 g/mol. The van der Waals surface area contributed by atoms with Crippen LogP contribution in [0.4, 0.5) is 13.2 Å². The number of nitrogens with one attached hydrogen (secondary N) is 2. The average Bonchev–Trinajstić information content (AvgIpc) is 2.74. The first-order valence-electron chi connectivity index (χ1n) is 10.8. The second kappa shape index (κ2) is 14.6. The minimum absolute atomic E-state index is 0. The third-order valence-corrected chi connectivity index (χ3v) is 5.10. The Bertz CT molecular complexity index is 723. The number of guanidine groups is 1. The van der Waals surface area contributed by atoms with E-state index in [-0.39, 0.29) is 43.0 Å². The van der Waals surface area contributed by atoms with Crippen LogP contribution >= 0.6 is 24.0 Å². The summed E-state index contributed by atoms with van der Waals surface area (Å²) >= 11 is 0. The van der Waals surface area contributed by atoms with Gasteiger partial charge in [-0.05, 0) is 37.0 Å². The Kier molecular flexibility index (Phi) is 13.0. The zero-order valence-electron chi connectivity index (χ0n) is 18.7. The van der Waals surface area contributed by atoms with Gasteiger partial charge in [-0.15, -0.1) is 24.0 Å². The van der Waals surface area contributed by atoms with Crippen LogP contribution in [-0.2, 0) is 22.3 Å². The van der Waals surface area contributed by atoms with Crippen molar-refractivity contribution in [2.75, 3.05) is 33.8 Å². The van der Waals surface area contributed by atoms with Crippen molar-refractivity contribution in [2.45, 2.75) is 57.3 Å². The summed E-state index contributed by atoms with van der Waals surface area (Å²) in [6.07, 6.45) is 2.68. The van der Waals surface area contributed by atoms with E-state index in [1.807, 2.05) is 0 Å². The van der Waals surface area contributed by atoms with Gasteiger partial charge in [-0.1, -0.05) is 31.4 Å². The SMILES string of the molecule is CN(C)C(=O)CNC(=NCc1cccc(C(F)(F)F)c1)NCCCOC1CCCCC1.I. The number of amides is 1. The summed E-state index contributed by atoms with van der Waals surface area (Å²) in [7, 11) is 3.30. The van der Waals surface area contributed by atoms with Crippen molar-refractivity contribution in [2.24, 2.45) is 4.99 Å². The highest BCUT2D eigenvalue weighted by Crippen LogP contribution is 2.29. The third-order valence-electron chi connectivity index (χ3n) is 5.10. The highest BCUT2D eigenvalue weighted by molar-refractivity contribution is 14.0. The van der Waals surface area contributed by atoms with E-state index in [4.69, 9.17) is 4.74 Å². The largest absolute Gasteiger partial charge is 0.416 e. The molecular weight excluding hydrogens is 536 g/mol. The van der Waals surface area contributed by atoms with Crippen molar-refractivity contribution in [3.05, 3.63) is 35.4 Å². The van der Waals surface area contributed by atoms with Crippen LogP contribution in [0, 0.1) is 0 Å². The van der Waals surface area contributed by atoms with Crippen LogP contribution in [0.15, 0.2) is 29.3 Å². The van der Waals surface area contributed by atoms with E-state index in [0.29, 0.717) is 30.8 Å². The summed E-state index contributed by atoms with van der Waals surface area (Å²) in [5.74, 6) is 0.250. The van der Waals surface area contributed by atoms with E-state index in [2.05, 4.69) is 15.6 Å². The van der Waals surface area contributed by atoms with E-state index in [9.17, 15) is 18.0 Å². The highest BCUT2D eigenvalue weighted by atomic mass is 127. The van der Waals surface area contributed by atoms with Crippen LogP contribution in [0.2, 0.25) is 0 Å². The van der Waals surface area contributed by atoms with Crippen LogP contribution in [0.3, 0.4) is 0 Å². The molecule has 0 bridgehead atoms. The third kappa shape index (κ3) is 10.8. The van der Waals surface area contributed by atoms with Crippen LogP contribution in [0.1, 0.15) is 49.7 Å². The first kappa shape index (κ1) is 28.5. The van der Waals surface area contributed by atoms with Crippen molar-refractivity contribution in [3.63, 3.8) is 0 Å². The molecule has 1 aliphatic rings. The van der Waals surface area contributed by atoms with Crippen molar-refractivity contribution < 1.29 is 22.7 Å². The van der Waals surface area contributed by atoms with Gasteiger partial charge >= 0.3 is 6.18 Å². The van der Waals surface area contributed by atoms with E-state index in [0.717, 1.165) is 31.4 Å². The van der Waals surface area contributed by atoms with Crippen LogP contribution in [-0.4, -0.2) is 56.7 Å². The number of halogens is 4. The van der Waals surface area contributed by atoms with E-state index in [1.54, 1.807) is 20.2 Å². The Morgan fingerprint density at radius 1 is 1.19 bits per heavy atom. The Morgan fingerprint density at radius 2 is 1.91 bits per heavy atom. The van der Waals surface area contributed by atoms with Crippen molar-refractivity contribution in [1.29, 1.82) is 0 Å². The Balaban J connectivity index is 0.00000512. The molecule has 182 valence electrons. The molecule has 0 atom stereocenters. The predicted molar refractivity (Wildman–Crippen MR) is 130 cm³/mol. The lowest BCUT2D eigenvalue weighted by atomic mass is 9.98. The number of hydrogen-bond donors (Lipinski definition) is 2. The van der Waals surface area contributed by atoms with Gasteiger partial charge in [-0.25, -0.2) is 4.99 Å². The number of alkyl halides is 3.